The minimum atomic E-state index is -0.566. The first-order valence-electron chi connectivity index (χ1n) is 11.6. The molecule has 9 heteroatoms. The first-order valence-corrected chi connectivity index (χ1v) is 13.0. The Labute approximate surface area is 214 Å². The zero-order chi connectivity index (χ0) is 24.9. The van der Waals surface area contributed by atoms with Gasteiger partial charge in [0.15, 0.2) is 0 Å². The van der Waals surface area contributed by atoms with Crippen LogP contribution in [0.2, 0.25) is 5.02 Å². The van der Waals surface area contributed by atoms with Gasteiger partial charge < -0.3 is 14.8 Å². The van der Waals surface area contributed by atoms with Crippen LogP contribution in [0.4, 0.5) is 5.95 Å². The van der Waals surface area contributed by atoms with Gasteiger partial charge in [0.25, 0.3) is 0 Å². The number of aromatic nitrogens is 3. The van der Waals surface area contributed by atoms with Gasteiger partial charge in [-0.3, -0.25) is 0 Å². The number of esters is 1. The summed E-state index contributed by atoms with van der Waals surface area (Å²) in [6.07, 6.45) is 0.746. The number of halogens is 1. The number of fused-ring (bicyclic) bond motifs is 1. The predicted molar refractivity (Wildman–Crippen MR) is 139 cm³/mol. The molecule has 1 unspecified atom stereocenters. The Morgan fingerprint density at radius 1 is 1.20 bits per heavy atom. The second kappa shape index (κ2) is 11.2. The fourth-order valence-corrected chi connectivity index (χ4v) is 4.70. The summed E-state index contributed by atoms with van der Waals surface area (Å²) in [5.41, 5.74) is 2.81. The van der Waals surface area contributed by atoms with Gasteiger partial charge in [-0.25, -0.2) is 9.48 Å². The highest BCUT2D eigenvalue weighted by Crippen LogP contribution is 2.40. The molecule has 0 amide bonds. The van der Waals surface area contributed by atoms with Crippen LogP contribution >= 0.6 is 23.4 Å². The topological polar surface area (TPSA) is 78.3 Å². The molecule has 0 saturated carbocycles. The van der Waals surface area contributed by atoms with Gasteiger partial charge in [-0.2, -0.15) is 4.98 Å². The number of rotatable bonds is 9. The molecule has 1 aliphatic heterocycles. The molecule has 1 N–H and O–H groups in total. The molecule has 35 heavy (non-hydrogen) atoms. The number of ether oxygens (including phenoxy) is 2. The lowest BCUT2D eigenvalue weighted by molar-refractivity contribution is -0.143. The van der Waals surface area contributed by atoms with Crippen LogP contribution in [0.3, 0.4) is 0 Å². The van der Waals surface area contributed by atoms with Gasteiger partial charge in [-0.15, -0.1) is 5.10 Å². The highest BCUT2D eigenvalue weighted by molar-refractivity contribution is 7.99. The van der Waals surface area contributed by atoms with Crippen molar-refractivity contribution in [2.24, 2.45) is 0 Å². The first-order chi connectivity index (χ1) is 16.9. The van der Waals surface area contributed by atoms with Crippen LogP contribution in [0, 0.1) is 0 Å². The Bertz CT molecular complexity index is 1240. The van der Waals surface area contributed by atoms with Crippen LogP contribution in [-0.2, 0) is 16.1 Å². The zero-order valence-corrected chi connectivity index (χ0v) is 21.8. The molecule has 4 rings (SSSR count). The number of anilines is 1. The summed E-state index contributed by atoms with van der Waals surface area (Å²) in [6, 6.07) is 14.7. The SMILES string of the molecule is CCCSc1nc2n(n1)C(c1ccccc1OCc1ccccc1Cl)C(C(=O)OC(C)C)=C(C)N2. The Morgan fingerprint density at radius 2 is 1.94 bits per heavy atom. The molecule has 3 aromatic rings. The fraction of sp³-hybridized carbons (Fsp3) is 0.346. The van der Waals surface area contributed by atoms with Crippen LogP contribution in [0.1, 0.15) is 51.3 Å². The molecule has 7 nitrogen and oxygen atoms in total. The van der Waals surface area contributed by atoms with Crippen LogP contribution in [0.25, 0.3) is 0 Å². The Morgan fingerprint density at radius 3 is 2.69 bits per heavy atom. The van der Waals surface area contributed by atoms with E-state index in [2.05, 4.69) is 17.2 Å². The smallest absolute Gasteiger partial charge is 0.338 e. The second-order valence-corrected chi connectivity index (χ2v) is 9.92. The summed E-state index contributed by atoms with van der Waals surface area (Å²) in [7, 11) is 0. The number of hydrogen-bond acceptors (Lipinski definition) is 7. The summed E-state index contributed by atoms with van der Waals surface area (Å²) in [5, 5.41) is 9.29. The highest BCUT2D eigenvalue weighted by Gasteiger charge is 2.37. The lowest BCUT2D eigenvalue weighted by Crippen LogP contribution is -2.31. The third-order valence-corrected chi connectivity index (χ3v) is 6.80. The van der Waals surface area contributed by atoms with Crippen LogP contribution in [0.5, 0.6) is 5.75 Å². The summed E-state index contributed by atoms with van der Waals surface area (Å²) < 4.78 is 13.6. The molecule has 1 atom stereocenters. The number of allylic oxidation sites excluding steroid dienone is 1. The Kier molecular flexibility index (Phi) is 8.03. The maximum atomic E-state index is 13.3. The molecule has 0 bridgehead atoms. The molecular formula is C26H29ClN4O3S. The van der Waals surface area contributed by atoms with Crippen LogP contribution < -0.4 is 10.1 Å². The first kappa shape index (κ1) is 25.1. The van der Waals surface area contributed by atoms with Gasteiger partial charge in [0, 0.05) is 27.6 Å². The molecule has 0 spiro atoms. The van der Waals surface area contributed by atoms with E-state index >= 15 is 0 Å². The van der Waals surface area contributed by atoms with Crippen molar-refractivity contribution >= 4 is 35.3 Å². The van der Waals surface area contributed by atoms with E-state index in [0.29, 0.717) is 33.1 Å². The highest BCUT2D eigenvalue weighted by atomic mass is 35.5. The van der Waals surface area contributed by atoms with E-state index in [-0.39, 0.29) is 12.7 Å². The third kappa shape index (κ3) is 5.65. The second-order valence-electron chi connectivity index (χ2n) is 8.45. The predicted octanol–water partition coefficient (Wildman–Crippen LogP) is 6.25. The monoisotopic (exact) mass is 512 g/mol. The van der Waals surface area contributed by atoms with Crippen LogP contribution in [-0.4, -0.2) is 32.6 Å². The number of benzene rings is 2. The number of nitrogens with one attached hydrogen (secondary N) is 1. The summed E-state index contributed by atoms with van der Waals surface area (Å²) in [6.45, 7) is 7.93. The largest absolute Gasteiger partial charge is 0.488 e. The fourth-order valence-electron chi connectivity index (χ4n) is 3.82. The average Bonchev–Trinajstić information content (AvgIpc) is 3.23. The van der Waals surface area contributed by atoms with Crippen molar-refractivity contribution < 1.29 is 14.3 Å². The van der Waals surface area contributed by atoms with Crippen molar-refractivity contribution in [1.82, 2.24) is 14.8 Å². The van der Waals surface area contributed by atoms with Crippen molar-refractivity contribution in [3.8, 4) is 5.75 Å². The van der Waals surface area contributed by atoms with Crippen molar-refractivity contribution in [2.45, 2.75) is 58.0 Å². The van der Waals surface area contributed by atoms with E-state index in [9.17, 15) is 4.79 Å². The minimum Gasteiger partial charge on any atom is -0.488 e. The standard InChI is InChI=1S/C26H29ClN4O3S/c1-5-14-35-26-29-25-28-17(4)22(24(32)34-16(2)3)23(31(25)30-26)19-11-7-9-13-21(19)33-15-18-10-6-8-12-20(18)27/h6-13,16,23H,5,14-15H2,1-4H3,(H,28,29,30). The molecule has 2 aromatic carbocycles. The van der Waals surface area contributed by atoms with Crippen molar-refractivity contribution in [2.75, 3.05) is 11.1 Å². The van der Waals surface area contributed by atoms with E-state index in [1.54, 1.807) is 16.4 Å². The van der Waals surface area contributed by atoms with Gasteiger partial charge in [0.2, 0.25) is 11.1 Å². The van der Waals surface area contributed by atoms with Gasteiger partial charge in [0.1, 0.15) is 18.4 Å². The number of thioether (sulfide) groups is 1. The zero-order valence-electron chi connectivity index (χ0n) is 20.2. The normalized spacial score (nSPS) is 15.1. The summed E-state index contributed by atoms with van der Waals surface area (Å²) in [5.74, 6) is 1.71. The quantitative estimate of drug-likeness (QED) is 0.268. The summed E-state index contributed by atoms with van der Waals surface area (Å²) >= 11 is 7.92. The van der Waals surface area contributed by atoms with E-state index in [4.69, 9.17) is 26.2 Å². The molecular weight excluding hydrogens is 484 g/mol. The van der Waals surface area contributed by atoms with Crippen molar-refractivity contribution in [3.05, 3.63) is 76.0 Å². The summed E-state index contributed by atoms with van der Waals surface area (Å²) in [4.78, 5) is 17.9. The van der Waals surface area contributed by atoms with E-state index < -0.39 is 12.0 Å². The van der Waals surface area contributed by atoms with Gasteiger partial charge in [-0.05, 0) is 39.3 Å². The molecule has 1 aliphatic rings. The van der Waals surface area contributed by atoms with Crippen molar-refractivity contribution in [1.29, 1.82) is 0 Å². The van der Waals surface area contributed by atoms with E-state index in [1.165, 1.54) is 0 Å². The number of hydrogen-bond donors (Lipinski definition) is 1. The lowest BCUT2D eigenvalue weighted by atomic mass is 9.95. The number of nitrogens with zero attached hydrogens (tertiary/aromatic N) is 3. The molecule has 0 aliphatic carbocycles. The maximum Gasteiger partial charge on any atom is 0.338 e. The molecule has 1 aromatic heterocycles. The van der Waals surface area contributed by atoms with Crippen LogP contribution in [0.15, 0.2) is 65.0 Å². The lowest BCUT2D eigenvalue weighted by Gasteiger charge is -2.29. The number of carbonyl (C=O) groups excluding carboxylic acids is 1. The number of carbonyl (C=O) groups is 1. The molecule has 0 radical (unpaired) electrons. The molecule has 2 heterocycles. The molecule has 0 saturated heterocycles. The van der Waals surface area contributed by atoms with Gasteiger partial charge >= 0.3 is 5.97 Å². The third-order valence-electron chi connectivity index (χ3n) is 5.39. The Hall–Kier alpha value is -2.97. The Balaban J connectivity index is 1.77. The van der Waals surface area contributed by atoms with Gasteiger partial charge in [0.05, 0.1) is 11.7 Å². The van der Waals surface area contributed by atoms with Crippen molar-refractivity contribution in [3.63, 3.8) is 0 Å². The van der Waals surface area contributed by atoms with Gasteiger partial charge in [-0.1, -0.05) is 66.7 Å². The maximum absolute atomic E-state index is 13.3. The minimum absolute atomic E-state index is 0.261. The number of para-hydroxylation sites is 1. The average molecular weight is 513 g/mol. The van der Waals surface area contributed by atoms with E-state index in [1.807, 2.05) is 69.3 Å². The molecule has 0 fully saturated rings. The van der Waals surface area contributed by atoms with E-state index in [0.717, 1.165) is 23.3 Å². The molecule has 184 valence electrons.